The van der Waals surface area contributed by atoms with Crippen LogP contribution in [0.5, 0.6) is 0 Å². The number of nitrogens with two attached hydrogens (primary N) is 1. The Balaban J connectivity index is 2.15. The molecule has 0 spiro atoms. The number of nitrogen functional groups attached to an aromatic ring is 1. The van der Waals surface area contributed by atoms with Gasteiger partial charge in [-0.25, -0.2) is 9.97 Å². The van der Waals surface area contributed by atoms with Gasteiger partial charge in [0.15, 0.2) is 11.9 Å². The van der Waals surface area contributed by atoms with Crippen molar-refractivity contribution in [1.82, 2.24) is 19.5 Å². The molecule has 1 aliphatic rings. The number of nitrogens with zero attached hydrogens (tertiary/aromatic N) is 4. The number of hydrogen-bond acceptors (Lipinski definition) is 8. The molecule has 1 saturated heterocycles. The van der Waals surface area contributed by atoms with Gasteiger partial charge in [-0.1, -0.05) is 6.92 Å². The van der Waals surface area contributed by atoms with Gasteiger partial charge in [-0.05, 0) is 13.3 Å². The Morgan fingerprint density at radius 2 is 1.95 bits per heavy atom. The topological polar surface area (TPSA) is 140 Å². The van der Waals surface area contributed by atoms with Crippen molar-refractivity contribution in [2.45, 2.75) is 44.8 Å². The minimum absolute atomic E-state index is 0.109. The molecule has 9 heteroatoms. The van der Waals surface area contributed by atoms with E-state index in [-0.39, 0.29) is 5.95 Å². The summed E-state index contributed by atoms with van der Waals surface area (Å²) in [4.78, 5) is 12.8. The maximum absolute atomic E-state index is 10.2. The fraction of sp³-hybridized carbons (Fsp3) is 0.615. The zero-order valence-electron chi connectivity index (χ0n) is 12.3. The zero-order chi connectivity index (χ0) is 16.0. The second-order valence-corrected chi connectivity index (χ2v) is 5.31. The average molecular weight is 309 g/mol. The number of aromatic nitrogens is 4. The second kappa shape index (κ2) is 5.43. The van der Waals surface area contributed by atoms with Crippen molar-refractivity contribution in [3.63, 3.8) is 0 Å². The van der Waals surface area contributed by atoms with E-state index in [1.807, 2.05) is 6.92 Å². The second-order valence-electron chi connectivity index (χ2n) is 5.31. The van der Waals surface area contributed by atoms with Crippen molar-refractivity contribution in [2.24, 2.45) is 0 Å². The molecule has 120 valence electrons. The molecular weight excluding hydrogens is 290 g/mol. The molecule has 0 unspecified atom stereocenters. The zero-order valence-corrected chi connectivity index (χ0v) is 12.3. The van der Waals surface area contributed by atoms with Crippen LogP contribution < -0.4 is 5.73 Å². The Morgan fingerprint density at radius 3 is 2.55 bits per heavy atom. The van der Waals surface area contributed by atoms with E-state index in [0.29, 0.717) is 29.1 Å². The summed E-state index contributed by atoms with van der Waals surface area (Å²) in [6.45, 7) is 3.28. The standard InChI is InChI=1S/C13H19N5O4/c1-3-6-8-11(17-13(14)16-6)18(5(2)15-8)12-10(21)9(20)7(4-19)22-12/h7,9-10,12,19-21H,3-4H2,1-2H3,(H2,14,16,17)/t7-,9-,10-,12-/m1/s1. The molecular formula is C13H19N5O4. The summed E-state index contributed by atoms with van der Waals surface area (Å²) in [5, 5.41) is 29.3. The summed E-state index contributed by atoms with van der Waals surface area (Å²) in [5.74, 6) is 0.664. The molecule has 5 N–H and O–H groups in total. The first-order valence-electron chi connectivity index (χ1n) is 7.11. The lowest BCUT2D eigenvalue weighted by atomic mass is 10.1. The van der Waals surface area contributed by atoms with Crippen molar-refractivity contribution >= 4 is 17.1 Å². The fourth-order valence-electron chi connectivity index (χ4n) is 2.80. The van der Waals surface area contributed by atoms with Gasteiger partial charge in [-0.2, -0.15) is 4.98 Å². The van der Waals surface area contributed by atoms with Gasteiger partial charge in [0.25, 0.3) is 0 Å². The monoisotopic (exact) mass is 309 g/mol. The van der Waals surface area contributed by atoms with Crippen molar-refractivity contribution in [2.75, 3.05) is 12.3 Å². The Kier molecular flexibility index (Phi) is 3.73. The number of ether oxygens (including phenoxy) is 1. The smallest absolute Gasteiger partial charge is 0.222 e. The number of imidazole rings is 1. The van der Waals surface area contributed by atoms with E-state index < -0.39 is 31.1 Å². The van der Waals surface area contributed by atoms with E-state index in [0.717, 1.165) is 0 Å². The first kappa shape index (κ1) is 15.1. The van der Waals surface area contributed by atoms with Gasteiger partial charge in [-0.15, -0.1) is 0 Å². The van der Waals surface area contributed by atoms with E-state index in [2.05, 4.69) is 15.0 Å². The van der Waals surface area contributed by atoms with Gasteiger partial charge in [0.2, 0.25) is 5.95 Å². The Morgan fingerprint density at radius 1 is 1.23 bits per heavy atom. The van der Waals surface area contributed by atoms with E-state index >= 15 is 0 Å². The molecule has 0 bridgehead atoms. The van der Waals surface area contributed by atoms with Gasteiger partial charge in [-0.3, -0.25) is 4.57 Å². The van der Waals surface area contributed by atoms with E-state index in [4.69, 9.17) is 10.5 Å². The van der Waals surface area contributed by atoms with Gasteiger partial charge in [0, 0.05) is 0 Å². The maximum atomic E-state index is 10.2. The van der Waals surface area contributed by atoms with Crippen LogP contribution in [0.25, 0.3) is 11.2 Å². The Hall–Kier alpha value is -1.81. The molecule has 0 radical (unpaired) electrons. The van der Waals surface area contributed by atoms with Crippen LogP contribution in [0.1, 0.15) is 24.7 Å². The number of aliphatic hydroxyl groups is 3. The third-order valence-corrected chi connectivity index (χ3v) is 3.91. The molecule has 1 fully saturated rings. The SMILES string of the molecule is CCc1nc(N)nc2c1nc(C)n2[C@@H]1O[C@H](CO)[C@@H](O)[C@H]1O. The molecule has 3 rings (SSSR count). The predicted molar refractivity (Wildman–Crippen MR) is 76.9 cm³/mol. The minimum Gasteiger partial charge on any atom is -0.394 e. The lowest BCUT2D eigenvalue weighted by Crippen LogP contribution is -2.33. The van der Waals surface area contributed by atoms with Crippen LogP contribution in [0.3, 0.4) is 0 Å². The Bertz CT molecular complexity index is 703. The van der Waals surface area contributed by atoms with Crippen molar-refractivity contribution in [1.29, 1.82) is 0 Å². The summed E-state index contributed by atoms with van der Waals surface area (Å²) < 4.78 is 7.13. The van der Waals surface area contributed by atoms with Crippen molar-refractivity contribution in [3.8, 4) is 0 Å². The summed E-state index contributed by atoms with van der Waals surface area (Å²) in [6, 6.07) is 0. The van der Waals surface area contributed by atoms with Crippen LogP contribution >= 0.6 is 0 Å². The molecule has 9 nitrogen and oxygen atoms in total. The number of aliphatic hydroxyl groups excluding tert-OH is 3. The lowest BCUT2D eigenvalue weighted by molar-refractivity contribution is -0.0519. The number of aryl methyl sites for hydroxylation is 2. The van der Waals surface area contributed by atoms with E-state index in [1.165, 1.54) is 0 Å². The number of fused-ring (bicyclic) bond motifs is 1. The van der Waals surface area contributed by atoms with Gasteiger partial charge >= 0.3 is 0 Å². The fourth-order valence-corrected chi connectivity index (χ4v) is 2.80. The molecule has 4 atom stereocenters. The largest absolute Gasteiger partial charge is 0.394 e. The van der Waals surface area contributed by atoms with E-state index in [1.54, 1.807) is 11.5 Å². The highest BCUT2D eigenvalue weighted by Crippen LogP contribution is 2.33. The molecule has 1 aliphatic heterocycles. The quantitative estimate of drug-likeness (QED) is 0.559. The van der Waals surface area contributed by atoms with Gasteiger partial charge in [0.05, 0.1) is 12.3 Å². The van der Waals surface area contributed by atoms with Crippen LogP contribution in [0.4, 0.5) is 5.95 Å². The molecule has 0 aliphatic carbocycles. The summed E-state index contributed by atoms with van der Waals surface area (Å²) in [5.41, 5.74) is 7.47. The lowest BCUT2D eigenvalue weighted by Gasteiger charge is -2.18. The third-order valence-electron chi connectivity index (χ3n) is 3.91. The van der Waals surface area contributed by atoms with Crippen LogP contribution in [-0.4, -0.2) is 59.8 Å². The summed E-state index contributed by atoms with van der Waals surface area (Å²) in [7, 11) is 0. The number of anilines is 1. The summed E-state index contributed by atoms with van der Waals surface area (Å²) >= 11 is 0. The van der Waals surface area contributed by atoms with Crippen LogP contribution in [0, 0.1) is 6.92 Å². The first-order chi connectivity index (χ1) is 10.5. The van der Waals surface area contributed by atoms with Crippen molar-refractivity contribution in [3.05, 3.63) is 11.5 Å². The third kappa shape index (κ3) is 2.13. The highest BCUT2D eigenvalue weighted by atomic mass is 16.6. The molecule has 3 heterocycles. The van der Waals surface area contributed by atoms with Gasteiger partial charge in [0.1, 0.15) is 29.7 Å². The number of hydrogen-bond donors (Lipinski definition) is 4. The van der Waals surface area contributed by atoms with Crippen LogP contribution in [-0.2, 0) is 11.2 Å². The molecule has 0 amide bonds. The molecule has 0 saturated carbocycles. The van der Waals surface area contributed by atoms with Gasteiger partial charge < -0.3 is 25.8 Å². The molecule has 0 aromatic carbocycles. The highest BCUT2D eigenvalue weighted by molar-refractivity contribution is 5.75. The van der Waals surface area contributed by atoms with Crippen LogP contribution in [0.15, 0.2) is 0 Å². The Labute approximate surface area is 126 Å². The minimum atomic E-state index is -1.20. The van der Waals surface area contributed by atoms with Crippen LogP contribution in [0.2, 0.25) is 0 Å². The summed E-state index contributed by atoms with van der Waals surface area (Å²) in [6.07, 6.45) is -3.50. The molecule has 2 aromatic heterocycles. The normalized spacial score (nSPS) is 28.6. The van der Waals surface area contributed by atoms with Crippen molar-refractivity contribution < 1.29 is 20.1 Å². The number of rotatable bonds is 3. The first-order valence-corrected chi connectivity index (χ1v) is 7.11. The average Bonchev–Trinajstić information content (AvgIpc) is 2.96. The molecule has 22 heavy (non-hydrogen) atoms. The van der Waals surface area contributed by atoms with E-state index in [9.17, 15) is 15.3 Å². The maximum Gasteiger partial charge on any atom is 0.222 e. The highest BCUT2D eigenvalue weighted by Gasteiger charge is 2.44. The molecule has 2 aromatic rings. The predicted octanol–water partition coefficient (Wildman–Crippen LogP) is -1.11.